The lowest BCUT2D eigenvalue weighted by Crippen LogP contribution is -1.98. The second-order valence-corrected chi connectivity index (χ2v) is 7.02. The number of aryl methyl sites for hydroxylation is 1. The zero-order valence-electron chi connectivity index (χ0n) is 15.0. The van der Waals surface area contributed by atoms with Gasteiger partial charge in [0, 0.05) is 6.21 Å². The summed E-state index contributed by atoms with van der Waals surface area (Å²) < 4.78 is 18.9. The van der Waals surface area contributed by atoms with Crippen LogP contribution >= 0.6 is 23.2 Å². The Kier molecular flexibility index (Phi) is 6.15. The van der Waals surface area contributed by atoms with Gasteiger partial charge in [0.1, 0.15) is 12.4 Å². The Bertz CT molecular complexity index is 978. The van der Waals surface area contributed by atoms with Crippen molar-refractivity contribution >= 4 is 35.1 Å². The molecule has 0 saturated carbocycles. The molecule has 0 saturated heterocycles. The summed E-state index contributed by atoms with van der Waals surface area (Å²) in [7, 11) is 0. The molecular weight excluding hydrogens is 384 g/mol. The third-order valence-corrected chi connectivity index (χ3v) is 4.78. The highest BCUT2D eigenvalue weighted by atomic mass is 35.5. The second kappa shape index (κ2) is 8.55. The van der Waals surface area contributed by atoms with Gasteiger partial charge in [0.2, 0.25) is 0 Å². The molecule has 138 valence electrons. The van der Waals surface area contributed by atoms with E-state index in [0.717, 1.165) is 16.8 Å². The zero-order valence-corrected chi connectivity index (χ0v) is 16.5. The van der Waals surface area contributed by atoms with Crippen LogP contribution in [0, 0.1) is 19.7 Å². The van der Waals surface area contributed by atoms with Crippen LogP contribution in [0.1, 0.15) is 22.3 Å². The zero-order chi connectivity index (χ0) is 19.4. The fourth-order valence-electron chi connectivity index (χ4n) is 2.59. The highest BCUT2D eigenvalue weighted by Gasteiger charge is 2.10. The molecule has 3 aromatic carbocycles. The molecule has 3 aromatic rings. The van der Waals surface area contributed by atoms with Crippen LogP contribution in [0.25, 0.3) is 0 Å². The number of aliphatic imine (C=N–C) groups is 1. The molecule has 5 heteroatoms. The SMILES string of the molecule is Cc1cccc(N=Cc2cc(Cl)c(OCc3cccc(F)c3)c(Cl)c2)c1C. The van der Waals surface area contributed by atoms with E-state index in [2.05, 4.69) is 4.99 Å². The van der Waals surface area contributed by atoms with Gasteiger partial charge in [-0.1, -0.05) is 47.5 Å². The minimum Gasteiger partial charge on any atom is -0.486 e. The minimum absolute atomic E-state index is 0.174. The molecule has 0 bridgehead atoms. The molecule has 0 amide bonds. The van der Waals surface area contributed by atoms with Crippen molar-refractivity contribution in [2.24, 2.45) is 4.99 Å². The molecule has 0 aliphatic carbocycles. The first kappa shape index (κ1) is 19.4. The van der Waals surface area contributed by atoms with Crippen molar-refractivity contribution in [3.63, 3.8) is 0 Å². The fourth-order valence-corrected chi connectivity index (χ4v) is 3.21. The fraction of sp³-hybridized carbons (Fsp3) is 0.136. The number of hydrogen-bond donors (Lipinski definition) is 0. The maximum absolute atomic E-state index is 13.3. The third kappa shape index (κ3) is 4.88. The maximum Gasteiger partial charge on any atom is 0.157 e. The summed E-state index contributed by atoms with van der Waals surface area (Å²) in [5, 5.41) is 0.752. The van der Waals surface area contributed by atoms with E-state index in [0.29, 0.717) is 21.4 Å². The van der Waals surface area contributed by atoms with Crippen LogP contribution in [0.2, 0.25) is 10.0 Å². The molecule has 3 rings (SSSR count). The summed E-state index contributed by atoms with van der Waals surface area (Å²) in [4.78, 5) is 4.53. The molecule has 0 heterocycles. The van der Waals surface area contributed by atoms with E-state index in [4.69, 9.17) is 27.9 Å². The monoisotopic (exact) mass is 401 g/mol. The minimum atomic E-state index is -0.314. The van der Waals surface area contributed by atoms with Crippen molar-refractivity contribution in [1.82, 2.24) is 0 Å². The first-order valence-electron chi connectivity index (χ1n) is 8.40. The van der Waals surface area contributed by atoms with E-state index < -0.39 is 0 Å². The van der Waals surface area contributed by atoms with Crippen LogP contribution in [0.4, 0.5) is 10.1 Å². The first-order chi connectivity index (χ1) is 12.9. The highest BCUT2D eigenvalue weighted by molar-refractivity contribution is 6.37. The average molecular weight is 402 g/mol. The van der Waals surface area contributed by atoms with Crippen LogP contribution in [-0.2, 0) is 6.61 Å². The molecule has 0 spiro atoms. The molecular formula is C22H18Cl2FNO. The van der Waals surface area contributed by atoms with E-state index in [1.54, 1.807) is 30.5 Å². The molecule has 27 heavy (non-hydrogen) atoms. The average Bonchev–Trinajstić information content (AvgIpc) is 2.62. The number of rotatable bonds is 5. The summed E-state index contributed by atoms with van der Waals surface area (Å²) in [6, 6.07) is 15.6. The van der Waals surface area contributed by atoms with Crippen molar-refractivity contribution < 1.29 is 9.13 Å². The summed E-state index contributed by atoms with van der Waals surface area (Å²) in [5.74, 6) is 0.0535. The van der Waals surface area contributed by atoms with Crippen LogP contribution in [0.5, 0.6) is 5.75 Å². The molecule has 2 nitrogen and oxygen atoms in total. The molecule has 0 radical (unpaired) electrons. The Morgan fingerprint density at radius 3 is 2.41 bits per heavy atom. The Labute approximate surface area is 168 Å². The molecule has 0 aliphatic rings. The van der Waals surface area contributed by atoms with Gasteiger partial charge in [0.05, 0.1) is 15.7 Å². The van der Waals surface area contributed by atoms with Crippen molar-refractivity contribution in [2.45, 2.75) is 20.5 Å². The molecule has 0 N–H and O–H groups in total. The van der Waals surface area contributed by atoms with Crippen LogP contribution in [0.15, 0.2) is 59.6 Å². The lowest BCUT2D eigenvalue weighted by molar-refractivity contribution is 0.306. The number of nitrogens with zero attached hydrogens (tertiary/aromatic N) is 1. The lowest BCUT2D eigenvalue weighted by Gasteiger charge is -2.11. The van der Waals surface area contributed by atoms with Gasteiger partial charge in [-0.25, -0.2) is 4.39 Å². The van der Waals surface area contributed by atoms with E-state index >= 15 is 0 Å². The highest BCUT2D eigenvalue weighted by Crippen LogP contribution is 2.34. The number of ether oxygens (including phenoxy) is 1. The summed E-state index contributed by atoms with van der Waals surface area (Å²) in [5.41, 5.74) is 4.67. The predicted octanol–water partition coefficient (Wildman–Crippen LogP) is 7.08. The van der Waals surface area contributed by atoms with Crippen molar-refractivity contribution in [2.75, 3.05) is 0 Å². The van der Waals surface area contributed by atoms with Crippen LogP contribution in [-0.4, -0.2) is 6.21 Å². The first-order valence-corrected chi connectivity index (χ1v) is 9.16. The van der Waals surface area contributed by atoms with E-state index in [9.17, 15) is 4.39 Å². The largest absolute Gasteiger partial charge is 0.486 e. The van der Waals surface area contributed by atoms with Gasteiger partial charge in [-0.15, -0.1) is 0 Å². The van der Waals surface area contributed by atoms with Gasteiger partial charge in [0.15, 0.2) is 5.75 Å². The summed E-state index contributed by atoms with van der Waals surface area (Å²) in [6.07, 6.45) is 1.72. The predicted molar refractivity (Wildman–Crippen MR) is 110 cm³/mol. The standard InChI is InChI=1S/C22H18Cl2FNO/c1-14-5-3-8-21(15(14)2)26-12-17-10-19(23)22(20(24)11-17)27-13-16-6-4-7-18(25)9-16/h3-12H,13H2,1-2H3. The Morgan fingerprint density at radius 2 is 1.70 bits per heavy atom. The number of halogens is 3. The molecule has 0 aromatic heterocycles. The van der Waals surface area contributed by atoms with E-state index in [1.165, 1.54) is 17.7 Å². The lowest BCUT2D eigenvalue weighted by atomic mass is 10.1. The molecule has 0 aliphatic heterocycles. The van der Waals surface area contributed by atoms with Gasteiger partial charge < -0.3 is 4.74 Å². The van der Waals surface area contributed by atoms with Crippen molar-refractivity contribution in [1.29, 1.82) is 0 Å². The third-order valence-electron chi connectivity index (χ3n) is 4.22. The van der Waals surface area contributed by atoms with Crippen molar-refractivity contribution in [3.05, 3.63) is 92.7 Å². The topological polar surface area (TPSA) is 21.6 Å². The van der Waals surface area contributed by atoms with Gasteiger partial charge in [-0.2, -0.15) is 0 Å². The van der Waals surface area contributed by atoms with E-state index in [-0.39, 0.29) is 12.4 Å². The van der Waals surface area contributed by atoms with Gasteiger partial charge in [-0.3, -0.25) is 4.99 Å². The van der Waals surface area contributed by atoms with Gasteiger partial charge in [-0.05, 0) is 66.4 Å². The normalized spacial score (nSPS) is 11.1. The van der Waals surface area contributed by atoms with Crippen LogP contribution in [0.3, 0.4) is 0 Å². The van der Waals surface area contributed by atoms with Gasteiger partial charge >= 0.3 is 0 Å². The Morgan fingerprint density at radius 1 is 1.00 bits per heavy atom. The second-order valence-electron chi connectivity index (χ2n) is 6.21. The maximum atomic E-state index is 13.3. The van der Waals surface area contributed by atoms with Gasteiger partial charge in [0.25, 0.3) is 0 Å². The van der Waals surface area contributed by atoms with Crippen molar-refractivity contribution in [3.8, 4) is 5.75 Å². The molecule has 0 unspecified atom stereocenters. The smallest absolute Gasteiger partial charge is 0.157 e. The number of hydrogen-bond acceptors (Lipinski definition) is 2. The Hall–Kier alpha value is -2.36. The molecule has 0 atom stereocenters. The summed E-state index contributed by atoms with van der Waals surface area (Å²) in [6.45, 7) is 4.26. The van der Waals surface area contributed by atoms with Crippen LogP contribution < -0.4 is 4.74 Å². The Balaban J connectivity index is 1.78. The van der Waals surface area contributed by atoms with E-state index in [1.807, 2.05) is 32.0 Å². The molecule has 0 fully saturated rings. The quantitative estimate of drug-likeness (QED) is 0.418. The summed E-state index contributed by atoms with van der Waals surface area (Å²) >= 11 is 12.7. The number of benzene rings is 3.